The van der Waals surface area contributed by atoms with Crippen molar-refractivity contribution < 1.29 is 0 Å². The predicted molar refractivity (Wildman–Crippen MR) is 58.7 cm³/mol. The highest BCUT2D eigenvalue weighted by Gasteiger charge is 2.03. The molecule has 0 radical (unpaired) electrons. The van der Waals surface area contributed by atoms with Crippen LogP contribution >= 0.6 is 23.1 Å². The van der Waals surface area contributed by atoms with E-state index in [-0.39, 0.29) is 21.1 Å². The van der Waals surface area contributed by atoms with Crippen LogP contribution in [0.3, 0.4) is 0 Å². The van der Waals surface area contributed by atoms with Gasteiger partial charge in [0.25, 0.3) is 0 Å². The first-order valence-electron chi connectivity index (χ1n) is 4.02. The van der Waals surface area contributed by atoms with Crippen LogP contribution in [-0.2, 0) is 0 Å². The topological polar surface area (TPSA) is 147 Å². The van der Waals surface area contributed by atoms with Crippen LogP contribution < -0.4 is 0 Å². The minimum Gasteiger partial charge on any atom is -0.191 e. The van der Waals surface area contributed by atoms with Crippen LogP contribution in [0, 0.1) is 45.3 Å². The van der Waals surface area contributed by atoms with Crippen molar-refractivity contribution in [3.8, 4) is 24.3 Å². The zero-order valence-electron chi connectivity index (χ0n) is 8.39. The van der Waals surface area contributed by atoms with Crippen molar-refractivity contribution in [1.82, 2.24) is 19.2 Å². The van der Waals surface area contributed by atoms with Crippen LogP contribution in [0.2, 0.25) is 0 Å². The van der Waals surface area contributed by atoms with Gasteiger partial charge in [0.1, 0.15) is 24.3 Å². The molecule has 10 heteroatoms. The van der Waals surface area contributed by atoms with Gasteiger partial charge in [0, 0.05) is 23.1 Å². The molecular weight excluding hydrogens is 272 g/mol. The molecule has 0 fully saturated rings. The van der Waals surface area contributed by atoms with Crippen molar-refractivity contribution in [1.29, 1.82) is 21.0 Å². The van der Waals surface area contributed by atoms with Gasteiger partial charge in [-0.3, -0.25) is 0 Å². The second-order valence-electron chi connectivity index (χ2n) is 2.35. The summed E-state index contributed by atoms with van der Waals surface area (Å²) in [5.74, 6) is 0. The normalized spacial score (nSPS) is 7.78. The fourth-order valence-electron chi connectivity index (χ4n) is 0.674. The third-order valence-corrected chi connectivity index (χ3v) is 2.65. The van der Waals surface area contributed by atoms with Gasteiger partial charge in [0.2, 0.25) is 0 Å². The highest BCUT2D eigenvalue weighted by Crippen LogP contribution is 2.06. The summed E-state index contributed by atoms with van der Waals surface area (Å²) < 4.78 is 6.82. The van der Waals surface area contributed by atoms with E-state index in [1.807, 2.05) is 0 Å². The number of aromatic nitrogens is 4. The van der Waals surface area contributed by atoms with Crippen molar-refractivity contribution in [2.75, 3.05) is 0 Å². The lowest BCUT2D eigenvalue weighted by atomic mass is 10.4. The fraction of sp³-hybridized carbons (Fsp3) is 0. The molecule has 0 atom stereocenters. The molecule has 0 saturated heterocycles. The predicted octanol–water partition coefficient (Wildman–Crippen LogP) is 0.563. The van der Waals surface area contributed by atoms with Crippen LogP contribution in [0.1, 0.15) is 21.1 Å². The van der Waals surface area contributed by atoms with Crippen LogP contribution in [0.15, 0.2) is 0 Å². The summed E-state index contributed by atoms with van der Waals surface area (Å²) in [4.78, 5) is 0.551. The van der Waals surface area contributed by atoms with Gasteiger partial charge < -0.3 is 0 Å². The first kappa shape index (κ1) is 13.1. The van der Waals surface area contributed by atoms with Crippen molar-refractivity contribution >= 4 is 23.1 Å². The van der Waals surface area contributed by atoms with E-state index in [1.54, 1.807) is 24.3 Å². The highest BCUT2D eigenvalue weighted by molar-refractivity contribution is 7.06. The molecular formula is C8N8S2. The lowest BCUT2D eigenvalue weighted by Gasteiger charge is -1.68. The lowest BCUT2D eigenvalue weighted by molar-refractivity contribution is 1.12. The quantitative estimate of drug-likeness (QED) is 0.675. The van der Waals surface area contributed by atoms with Gasteiger partial charge in [0.05, 0.1) is 0 Å². The molecule has 0 aliphatic carbocycles. The van der Waals surface area contributed by atoms with Crippen molar-refractivity contribution in [3.05, 3.63) is 21.1 Å². The molecule has 0 N–H and O–H groups in total. The number of nitriles is 4. The number of hydrogen-bond acceptors (Lipinski definition) is 10. The summed E-state index contributed by atoms with van der Waals surface area (Å²) in [6.07, 6.45) is 0. The largest absolute Gasteiger partial charge is 0.193 e. The molecule has 0 aliphatic heterocycles. The summed E-state index contributed by atoms with van der Waals surface area (Å²) in [5, 5.41) is 39.8. The zero-order chi connectivity index (χ0) is 13.4. The average molecular weight is 272 g/mol. The number of hydrogen-bond donors (Lipinski definition) is 0. The second-order valence-corrected chi connectivity index (χ2v) is 3.86. The molecule has 2 rings (SSSR count). The number of rotatable bonds is 0. The molecule has 0 unspecified atom stereocenters. The van der Waals surface area contributed by atoms with E-state index in [0.717, 1.165) is 23.1 Å². The molecule has 0 spiro atoms. The lowest BCUT2D eigenvalue weighted by Crippen LogP contribution is -1.75. The van der Waals surface area contributed by atoms with E-state index in [2.05, 4.69) is 19.2 Å². The van der Waals surface area contributed by atoms with E-state index < -0.39 is 0 Å². The Hall–Kier alpha value is -2.92. The monoisotopic (exact) mass is 272 g/mol. The maximum absolute atomic E-state index is 8.27. The third-order valence-electron chi connectivity index (χ3n) is 1.39. The van der Waals surface area contributed by atoms with Crippen molar-refractivity contribution in [3.63, 3.8) is 0 Å². The minimum atomic E-state index is 0.113. The van der Waals surface area contributed by atoms with Gasteiger partial charge in [-0.05, 0) is 0 Å². The first-order valence-corrected chi connectivity index (χ1v) is 5.56. The Bertz CT molecular complexity index is 582. The average Bonchev–Trinajstić information content (AvgIpc) is 3.06. The van der Waals surface area contributed by atoms with E-state index in [4.69, 9.17) is 21.0 Å². The molecule has 18 heavy (non-hydrogen) atoms. The fourth-order valence-corrected chi connectivity index (χ4v) is 1.51. The van der Waals surface area contributed by atoms with Gasteiger partial charge in [0.15, 0.2) is 21.1 Å². The van der Waals surface area contributed by atoms with Gasteiger partial charge in [-0.15, -0.1) is 10.2 Å². The van der Waals surface area contributed by atoms with Crippen molar-refractivity contribution in [2.45, 2.75) is 0 Å². The van der Waals surface area contributed by atoms with E-state index in [1.165, 1.54) is 0 Å². The van der Waals surface area contributed by atoms with E-state index in [0.29, 0.717) is 0 Å². The molecule has 0 aliphatic rings. The smallest absolute Gasteiger partial charge is 0.191 e. The Labute approximate surface area is 109 Å². The van der Waals surface area contributed by atoms with Gasteiger partial charge in [-0.25, -0.2) is 0 Å². The maximum Gasteiger partial charge on any atom is 0.193 e. The van der Waals surface area contributed by atoms with E-state index >= 15 is 0 Å². The van der Waals surface area contributed by atoms with Gasteiger partial charge in [-0.1, -0.05) is 8.98 Å². The number of nitrogens with zero attached hydrogens (tertiary/aromatic N) is 8. The van der Waals surface area contributed by atoms with Crippen LogP contribution in [0.4, 0.5) is 0 Å². The van der Waals surface area contributed by atoms with Crippen LogP contribution in [-0.4, -0.2) is 19.2 Å². The Balaban J connectivity index is 0.000000180. The van der Waals surface area contributed by atoms with E-state index in [9.17, 15) is 0 Å². The maximum atomic E-state index is 8.27. The summed E-state index contributed by atoms with van der Waals surface area (Å²) in [7, 11) is 0. The van der Waals surface area contributed by atoms with Gasteiger partial charge >= 0.3 is 0 Å². The summed E-state index contributed by atoms with van der Waals surface area (Å²) in [6.45, 7) is 0. The van der Waals surface area contributed by atoms with Gasteiger partial charge in [-0.2, -0.15) is 21.0 Å². The Morgan fingerprint density at radius 2 is 1.06 bits per heavy atom. The summed E-state index contributed by atoms with van der Waals surface area (Å²) >= 11 is 1.86. The molecule has 0 aromatic carbocycles. The zero-order valence-corrected chi connectivity index (χ0v) is 10.0. The van der Waals surface area contributed by atoms with Crippen molar-refractivity contribution in [2.24, 2.45) is 0 Å². The van der Waals surface area contributed by atoms with Crippen LogP contribution in [0.5, 0.6) is 0 Å². The SMILES string of the molecule is N#Cc1nnsc1C#N.N#Cc1nnsc1C#N. The second kappa shape index (κ2) is 6.62. The molecule has 2 aromatic rings. The summed E-state index contributed by atoms with van der Waals surface area (Å²) in [6, 6.07) is 7.08. The Morgan fingerprint density at radius 3 is 1.28 bits per heavy atom. The minimum absolute atomic E-state index is 0.113. The third kappa shape index (κ3) is 3.03. The Kier molecular flexibility index (Phi) is 4.83. The highest BCUT2D eigenvalue weighted by atomic mass is 32.1. The first-order chi connectivity index (χ1) is 8.76. The molecule has 84 valence electrons. The molecule has 2 heterocycles. The Morgan fingerprint density at radius 1 is 0.667 bits per heavy atom. The molecule has 0 bridgehead atoms. The molecule has 0 amide bonds. The summed E-state index contributed by atoms with van der Waals surface area (Å²) in [5.41, 5.74) is 0.227. The standard InChI is InChI=1S/2C4N4S/c2*5-1-3-4(2-6)9-8-7-3. The molecule has 2 aromatic heterocycles. The molecule has 0 saturated carbocycles. The molecule has 8 nitrogen and oxygen atoms in total. The van der Waals surface area contributed by atoms with Crippen LogP contribution in [0.25, 0.3) is 0 Å².